The third-order valence-electron chi connectivity index (χ3n) is 4.20. The first-order valence-corrected chi connectivity index (χ1v) is 8.65. The molecule has 0 unspecified atom stereocenters. The maximum absolute atomic E-state index is 12.5. The van der Waals surface area contributed by atoms with Gasteiger partial charge in [-0.3, -0.25) is 4.90 Å². The van der Waals surface area contributed by atoms with Crippen molar-refractivity contribution in [2.75, 3.05) is 66.0 Å². The Balaban J connectivity index is 1.92. The second-order valence-corrected chi connectivity index (χ2v) is 6.20. The maximum atomic E-state index is 12.5. The molecule has 1 aromatic rings. The van der Waals surface area contributed by atoms with Crippen molar-refractivity contribution >= 4 is 23.3 Å². The number of nitrogens with zero attached hydrogens (tertiary/aromatic N) is 2. The molecule has 140 valence electrons. The zero-order chi connectivity index (χ0) is 18.2. The van der Waals surface area contributed by atoms with Gasteiger partial charge < -0.3 is 24.4 Å². The fraction of sp³-hybridized carbons (Fsp3) is 0.588. The van der Waals surface area contributed by atoms with Crippen molar-refractivity contribution in [2.24, 2.45) is 0 Å². The number of amides is 2. The van der Waals surface area contributed by atoms with Gasteiger partial charge in [-0.05, 0) is 6.42 Å². The van der Waals surface area contributed by atoms with Gasteiger partial charge in [-0.25, -0.2) is 4.79 Å². The van der Waals surface area contributed by atoms with Gasteiger partial charge in [0.2, 0.25) is 0 Å². The number of ether oxygens (including phenoxy) is 3. The number of piperazine rings is 1. The molecule has 0 spiro atoms. The van der Waals surface area contributed by atoms with Crippen LogP contribution in [0.25, 0.3) is 0 Å². The zero-order valence-electron chi connectivity index (χ0n) is 15.0. The van der Waals surface area contributed by atoms with Crippen molar-refractivity contribution in [1.29, 1.82) is 0 Å². The first kappa shape index (κ1) is 19.6. The van der Waals surface area contributed by atoms with Gasteiger partial charge in [0.15, 0.2) is 0 Å². The van der Waals surface area contributed by atoms with Crippen LogP contribution in [-0.4, -0.2) is 76.5 Å². The molecule has 2 rings (SSSR count). The minimum absolute atomic E-state index is 0.154. The monoisotopic (exact) mass is 371 g/mol. The molecular weight excluding hydrogens is 346 g/mol. The number of hydrogen-bond acceptors (Lipinski definition) is 5. The Morgan fingerprint density at radius 3 is 2.40 bits per heavy atom. The van der Waals surface area contributed by atoms with Crippen molar-refractivity contribution in [3.05, 3.63) is 17.2 Å². The van der Waals surface area contributed by atoms with Crippen LogP contribution in [0.5, 0.6) is 11.5 Å². The molecule has 0 aromatic heterocycles. The van der Waals surface area contributed by atoms with Crippen LogP contribution in [0, 0.1) is 0 Å². The normalized spacial score (nSPS) is 15.1. The maximum Gasteiger partial charge on any atom is 0.322 e. The van der Waals surface area contributed by atoms with Crippen molar-refractivity contribution in [1.82, 2.24) is 9.80 Å². The molecule has 1 aromatic carbocycles. The molecule has 1 saturated heterocycles. The highest BCUT2D eigenvalue weighted by Crippen LogP contribution is 2.36. The van der Waals surface area contributed by atoms with E-state index < -0.39 is 0 Å². The molecule has 0 radical (unpaired) electrons. The van der Waals surface area contributed by atoms with Crippen LogP contribution in [0.4, 0.5) is 10.5 Å². The standard InChI is InChI=1S/C17H26ClN3O4/c1-23-10-4-5-20-6-8-21(9-7-20)17(22)19-14-12-15(24-2)13(18)11-16(14)25-3/h11-12H,4-10H2,1-3H3,(H,19,22). The molecule has 1 aliphatic rings. The SMILES string of the molecule is COCCCN1CCN(C(=O)Nc2cc(OC)c(Cl)cc2OC)CC1. The minimum atomic E-state index is -0.154. The third-order valence-corrected chi connectivity index (χ3v) is 4.49. The second-order valence-electron chi connectivity index (χ2n) is 5.79. The summed E-state index contributed by atoms with van der Waals surface area (Å²) < 4.78 is 15.6. The lowest BCUT2D eigenvalue weighted by Gasteiger charge is -2.34. The number of carbonyl (C=O) groups is 1. The van der Waals surface area contributed by atoms with Crippen LogP contribution in [0.15, 0.2) is 12.1 Å². The fourth-order valence-corrected chi connectivity index (χ4v) is 2.99. The highest BCUT2D eigenvalue weighted by atomic mass is 35.5. The van der Waals surface area contributed by atoms with E-state index in [-0.39, 0.29) is 6.03 Å². The minimum Gasteiger partial charge on any atom is -0.495 e. The van der Waals surface area contributed by atoms with E-state index in [1.807, 2.05) is 0 Å². The van der Waals surface area contributed by atoms with E-state index in [9.17, 15) is 4.79 Å². The molecule has 0 saturated carbocycles. The van der Waals surface area contributed by atoms with Crippen molar-refractivity contribution in [3.8, 4) is 11.5 Å². The lowest BCUT2D eigenvalue weighted by atomic mass is 10.2. The van der Waals surface area contributed by atoms with E-state index in [4.69, 9.17) is 25.8 Å². The molecule has 1 aliphatic heterocycles. The van der Waals surface area contributed by atoms with Crippen LogP contribution in [0.3, 0.4) is 0 Å². The Hall–Kier alpha value is -1.70. The Morgan fingerprint density at radius 1 is 1.12 bits per heavy atom. The smallest absolute Gasteiger partial charge is 0.322 e. The Kier molecular flexibility index (Phi) is 7.61. The number of benzene rings is 1. The quantitative estimate of drug-likeness (QED) is 0.746. The third kappa shape index (κ3) is 5.39. The molecule has 0 bridgehead atoms. The predicted molar refractivity (Wildman–Crippen MR) is 98.1 cm³/mol. The molecule has 1 fully saturated rings. The van der Waals surface area contributed by atoms with Gasteiger partial charge in [0.1, 0.15) is 11.5 Å². The lowest BCUT2D eigenvalue weighted by molar-refractivity contribution is 0.130. The Bertz CT molecular complexity index is 577. The van der Waals surface area contributed by atoms with E-state index in [1.165, 1.54) is 14.2 Å². The first-order chi connectivity index (χ1) is 12.1. The number of anilines is 1. The summed E-state index contributed by atoms with van der Waals surface area (Å²) in [5, 5.41) is 3.32. The van der Waals surface area contributed by atoms with Crippen LogP contribution in [-0.2, 0) is 4.74 Å². The number of urea groups is 1. The van der Waals surface area contributed by atoms with E-state index in [1.54, 1.807) is 24.1 Å². The molecule has 25 heavy (non-hydrogen) atoms. The van der Waals surface area contributed by atoms with E-state index in [0.717, 1.165) is 32.7 Å². The van der Waals surface area contributed by atoms with Crippen LogP contribution in [0.1, 0.15) is 6.42 Å². The first-order valence-electron chi connectivity index (χ1n) is 8.27. The number of methoxy groups -OCH3 is 3. The molecule has 8 heteroatoms. The van der Waals surface area contributed by atoms with Gasteiger partial charge in [0.05, 0.1) is 24.9 Å². The summed E-state index contributed by atoms with van der Waals surface area (Å²) in [6.07, 6.45) is 1.00. The van der Waals surface area contributed by atoms with Gasteiger partial charge in [0.25, 0.3) is 0 Å². The number of carbonyl (C=O) groups excluding carboxylic acids is 1. The van der Waals surface area contributed by atoms with Crippen molar-refractivity contribution in [2.45, 2.75) is 6.42 Å². The second kappa shape index (κ2) is 9.70. The summed E-state index contributed by atoms with van der Waals surface area (Å²) in [7, 11) is 4.77. The molecule has 1 heterocycles. The number of halogens is 1. The summed E-state index contributed by atoms with van der Waals surface area (Å²) in [6.45, 7) is 4.85. The highest BCUT2D eigenvalue weighted by Gasteiger charge is 2.22. The van der Waals surface area contributed by atoms with Crippen LogP contribution in [0.2, 0.25) is 5.02 Å². The summed E-state index contributed by atoms with van der Waals surface area (Å²) in [5.74, 6) is 0.984. The van der Waals surface area contributed by atoms with Crippen LogP contribution < -0.4 is 14.8 Å². The average molecular weight is 372 g/mol. The molecule has 7 nitrogen and oxygen atoms in total. The lowest BCUT2D eigenvalue weighted by Crippen LogP contribution is -2.50. The van der Waals surface area contributed by atoms with Crippen LogP contribution >= 0.6 is 11.6 Å². The van der Waals surface area contributed by atoms with Crippen molar-refractivity contribution in [3.63, 3.8) is 0 Å². The van der Waals surface area contributed by atoms with E-state index in [0.29, 0.717) is 35.3 Å². The van der Waals surface area contributed by atoms with Gasteiger partial charge in [-0.1, -0.05) is 11.6 Å². The van der Waals surface area contributed by atoms with Gasteiger partial charge in [-0.2, -0.15) is 0 Å². The van der Waals surface area contributed by atoms with Crippen molar-refractivity contribution < 1.29 is 19.0 Å². The van der Waals surface area contributed by atoms with Gasteiger partial charge in [0, 0.05) is 58.6 Å². The molecule has 0 atom stereocenters. The number of nitrogens with one attached hydrogen (secondary N) is 1. The Morgan fingerprint density at radius 2 is 1.80 bits per heavy atom. The number of hydrogen-bond donors (Lipinski definition) is 1. The largest absolute Gasteiger partial charge is 0.495 e. The molecule has 0 aliphatic carbocycles. The molecular formula is C17H26ClN3O4. The molecule has 1 N–H and O–H groups in total. The van der Waals surface area contributed by atoms with Gasteiger partial charge >= 0.3 is 6.03 Å². The fourth-order valence-electron chi connectivity index (χ4n) is 2.76. The summed E-state index contributed by atoms with van der Waals surface area (Å²) in [4.78, 5) is 16.7. The predicted octanol–water partition coefficient (Wildman–Crippen LogP) is 2.54. The summed E-state index contributed by atoms with van der Waals surface area (Å²) in [6, 6.07) is 3.14. The highest BCUT2D eigenvalue weighted by molar-refractivity contribution is 6.32. The summed E-state index contributed by atoms with van der Waals surface area (Å²) in [5.41, 5.74) is 0.538. The molecule has 2 amide bonds. The Labute approximate surface area is 153 Å². The van der Waals surface area contributed by atoms with E-state index in [2.05, 4.69) is 10.2 Å². The summed E-state index contributed by atoms with van der Waals surface area (Å²) >= 11 is 6.09. The number of rotatable bonds is 7. The average Bonchev–Trinajstić information content (AvgIpc) is 2.63. The zero-order valence-corrected chi connectivity index (χ0v) is 15.8. The van der Waals surface area contributed by atoms with Gasteiger partial charge in [-0.15, -0.1) is 0 Å². The van der Waals surface area contributed by atoms with E-state index >= 15 is 0 Å². The topological polar surface area (TPSA) is 63.3 Å².